The summed E-state index contributed by atoms with van der Waals surface area (Å²) in [6, 6.07) is 5.84. The molecule has 0 spiro atoms. The number of aliphatic hydroxyl groups is 2. The van der Waals surface area contributed by atoms with E-state index in [1.807, 2.05) is 0 Å². The maximum atomic E-state index is 12.8. The number of phenolic OH excluding ortho intramolecular Hbond substituents is 3. The van der Waals surface area contributed by atoms with Gasteiger partial charge in [0.2, 0.25) is 23.2 Å². The van der Waals surface area contributed by atoms with Crippen molar-refractivity contribution in [2.45, 2.75) is 51.0 Å². The Kier molecular flexibility index (Phi) is 7.77. The van der Waals surface area contributed by atoms with E-state index >= 15 is 0 Å². The number of hydrogen-bond acceptors (Lipinski definition) is 13. The number of carboxylic acids is 1. The maximum Gasteiger partial charge on any atom is 0.335 e. The van der Waals surface area contributed by atoms with E-state index in [1.165, 1.54) is 31.2 Å². The fraction of sp³-hybridized carbons (Fsp3) is 0.346. The summed E-state index contributed by atoms with van der Waals surface area (Å²) < 4.78 is 21.6. The van der Waals surface area contributed by atoms with Crippen LogP contribution < -0.4 is 10.2 Å². The lowest BCUT2D eigenvalue weighted by atomic mass is 9.98. The van der Waals surface area contributed by atoms with Crippen LogP contribution in [0, 0.1) is 5.92 Å². The number of ether oxygens (including phenoxy) is 3. The number of carboxylic acid groups (broad SMARTS) is 1. The molecule has 1 aromatic heterocycles. The summed E-state index contributed by atoms with van der Waals surface area (Å²) in [6.45, 7) is 3.22. The number of carbonyl (C=O) groups is 2. The van der Waals surface area contributed by atoms with Gasteiger partial charge in [-0.1, -0.05) is 13.8 Å². The summed E-state index contributed by atoms with van der Waals surface area (Å²) in [5.41, 5.74) is -1.66. The Morgan fingerprint density at radius 3 is 2.27 bits per heavy atom. The van der Waals surface area contributed by atoms with Crippen LogP contribution in [0.1, 0.15) is 20.3 Å². The molecule has 0 unspecified atom stereocenters. The van der Waals surface area contributed by atoms with E-state index < -0.39 is 93.7 Å². The molecule has 1 aliphatic heterocycles. The standard InChI is InChI=1S/C26H26O14/c1-3-9(2)25(36)39-23-19(33)18(32)22(24(34)35)40-26(23)37-13-8-12(28)14-16(30)17(31)20(38-21(14)15(13)29)10-4-6-11(27)7-5-10/h4-9,18-19,22-23,26-29,31-33H,3H2,1-2H3,(H,34,35)/t9-,18+,19+,22+,23+,26-/m1/s1. The van der Waals surface area contributed by atoms with Gasteiger partial charge in [-0.15, -0.1) is 0 Å². The first-order chi connectivity index (χ1) is 18.8. The van der Waals surface area contributed by atoms with Gasteiger partial charge in [0.15, 0.2) is 29.3 Å². The van der Waals surface area contributed by atoms with Gasteiger partial charge in [-0.2, -0.15) is 0 Å². The second kappa shape index (κ2) is 10.9. The number of aliphatic hydroxyl groups excluding tert-OH is 2. The third-order valence-electron chi connectivity index (χ3n) is 6.49. The molecule has 1 saturated heterocycles. The molecule has 14 heteroatoms. The Morgan fingerprint density at radius 2 is 1.68 bits per heavy atom. The zero-order chi connectivity index (χ0) is 29.5. The van der Waals surface area contributed by atoms with Crippen molar-refractivity contribution in [3.8, 4) is 40.1 Å². The summed E-state index contributed by atoms with van der Waals surface area (Å²) in [6.07, 6.45) is -9.44. The second-order valence-electron chi connectivity index (χ2n) is 9.18. The van der Waals surface area contributed by atoms with Crippen LogP contribution >= 0.6 is 0 Å². The van der Waals surface area contributed by atoms with E-state index in [0.717, 1.165) is 6.07 Å². The first-order valence-corrected chi connectivity index (χ1v) is 12.0. The topological polar surface area (TPSA) is 234 Å². The third kappa shape index (κ3) is 5.06. The first-order valence-electron chi connectivity index (χ1n) is 12.0. The van der Waals surface area contributed by atoms with Crippen molar-refractivity contribution < 1.29 is 64.0 Å². The van der Waals surface area contributed by atoms with Crippen LogP contribution in [-0.2, 0) is 19.1 Å². The summed E-state index contributed by atoms with van der Waals surface area (Å²) in [5.74, 6) is -7.01. The monoisotopic (exact) mass is 562 g/mol. The van der Waals surface area contributed by atoms with Crippen LogP contribution in [0.5, 0.6) is 28.7 Å². The number of hydrogen-bond donors (Lipinski definition) is 7. The number of carbonyl (C=O) groups excluding carboxylic acids is 1. The largest absolute Gasteiger partial charge is 0.508 e. The Labute approximate surface area is 224 Å². The van der Waals surface area contributed by atoms with E-state index in [2.05, 4.69) is 0 Å². The Balaban J connectivity index is 1.81. The molecule has 1 aliphatic rings. The van der Waals surface area contributed by atoms with Gasteiger partial charge in [-0.05, 0) is 30.7 Å². The Bertz CT molecular complexity index is 1490. The van der Waals surface area contributed by atoms with Gasteiger partial charge in [0.1, 0.15) is 29.1 Å². The number of aromatic hydroxyl groups is 4. The number of benzene rings is 2. The van der Waals surface area contributed by atoms with Crippen molar-refractivity contribution in [2.75, 3.05) is 0 Å². The summed E-state index contributed by atoms with van der Waals surface area (Å²) in [7, 11) is 0. The summed E-state index contributed by atoms with van der Waals surface area (Å²) in [5, 5.41) is 71.0. The van der Waals surface area contributed by atoms with Crippen molar-refractivity contribution in [2.24, 2.45) is 5.92 Å². The number of aliphatic carboxylic acids is 1. The Hall–Kier alpha value is -4.53. The lowest BCUT2D eigenvalue weighted by Gasteiger charge is -2.40. The molecule has 0 bridgehead atoms. The molecule has 0 aliphatic carbocycles. The molecular weight excluding hydrogens is 536 g/mol. The van der Waals surface area contributed by atoms with Crippen LogP contribution in [-0.4, -0.2) is 78.4 Å². The van der Waals surface area contributed by atoms with Crippen molar-refractivity contribution in [1.29, 1.82) is 0 Å². The molecule has 6 atom stereocenters. The van der Waals surface area contributed by atoms with Gasteiger partial charge >= 0.3 is 11.9 Å². The quantitative estimate of drug-likeness (QED) is 0.158. The van der Waals surface area contributed by atoms with Crippen LogP contribution in [0.2, 0.25) is 0 Å². The molecule has 2 heterocycles. The molecule has 4 rings (SSSR count). The fourth-order valence-corrected chi connectivity index (χ4v) is 4.00. The molecule has 0 saturated carbocycles. The SMILES string of the molecule is CC[C@@H](C)C(=O)O[C@@H]1[C@H](Oc2cc(O)c3c(=O)c(O)c(-c4ccc(O)cc4)oc3c2O)O[C@H](C(=O)O)[C@@H](O)[C@@H]1O. The average Bonchev–Trinajstić information content (AvgIpc) is 2.92. The molecule has 0 amide bonds. The van der Waals surface area contributed by atoms with Gasteiger partial charge in [0.05, 0.1) is 5.92 Å². The highest BCUT2D eigenvalue weighted by atomic mass is 16.7. The second-order valence-corrected chi connectivity index (χ2v) is 9.18. The summed E-state index contributed by atoms with van der Waals surface area (Å²) in [4.78, 5) is 36.9. The lowest BCUT2D eigenvalue weighted by Crippen LogP contribution is -2.62. The molecule has 40 heavy (non-hydrogen) atoms. The van der Waals surface area contributed by atoms with E-state index in [-0.39, 0.29) is 11.3 Å². The third-order valence-corrected chi connectivity index (χ3v) is 6.49. The fourth-order valence-electron chi connectivity index (χ4n) is 4.00. The minimum Gasteiger partial charge on any atom is -0.508 e. The van der Waals surface area contributed by atoms with Crippen molar-refractivity contribution >= 4 is 22.9 Å². The number of esters is 1. The smallest absolute Gasteiger partial charge is 0.335 e. The first kappa shape index (κ1) is 28.5. The van der Waals surface area contributed by atoms with Gasteiger partial charge in [0.25, 0.3) is 0 Å². The molecule has 7 N–H and O–H groups in total. The van der Waals surface area contributed by atoms with Crippen molar-refractivity contribution in [3.05, 3.63) is 40.6 Å². The lowest BCUT2D eigenvalue weighted by molar-refractivity contribution is -0.277. The predicted octanol–water partition coefficient (Wildman–Crippen LogP) is 1.15. The van der Waals surface area contributed by atoms with Gasteiger partial charge in [0, 0.05) is 11.6 Å². The zero-order valence-corrected chi connectivity index (χ0v) is 21.0. The predicted molar refractivity (Wildman–Crippen MR) is 133 cm³/mol. The highest BCUT2D eigenvalue weighted by Gasteiger charge is 2.51. The van der Waals surface area contributed by atoms with E-state index in [0.29, 0.717) is 6.42 Å². The Morgan fingerprint density at radius 1 is 1.02 bits per heavy atom. The van der Waals surface area contributed by atoms with Crippen molar-refractivity contribution in [1.82, 2.24) is 0 Å². The molecular formula is C26H26O14. The molecule has 3 aromatic rings. The maximum absolute atomic E-state index is 12.8. The molecule has 2 aromatic carbocycles. The van der Waals surface area contributed by atoms with E-state index in [9.17, 15) is 50.1 Å². The van der Waals surface area contributed by atoms with Gasteiger partial charge < -0.3 is 54.4 Å². The highest BCUT2D eigenvalue weighted by Crippen LogP contribution is 2.43. The van der Waals surface area contributed by atoms with Crippen molar-refractivity contribution in [3.63, 3.8) is 0 Å². The number of fused-ring (bicyclic) bond motifs is 1. The number of phenols is 3. The number of rotatable bonds is 7. The van der Waals surface area contributed by atoms with Crippen LogP contribution in [0.3, 0.4) is 0 Å². The van der Waals surface area contributed by atoms with E-state index in [4.69, 9.17) is 18.6 Å². The van der Waals surface area contributed by atoms with Crippen LogP contribution in [0.15, 0.2) is 39.5 Å². The minimum atomic E-state index is -2.04. The minimum absolute atomic E-state index is 0.119. The van der Waals surface area contributed by atoms with Crippen LogP contribution in [0.25, 0.3) is 22.3 Å². The normalized spacial score (nSPS) is 23.4. The summed E-state index contributed by atoms with van der Waals surface area (Å²) >= 11 is 0. The van der Waals surface area contributed by atoms with E-state index in [1.54, 1.807) is 6.92 Å². The molecule has 1 fully saturated rings. The molecule has 214 valence electrons. The molecule has 0 radical (unpaired) electrons. The molecule has 14 nitrogen and oxygen atoms in total. The average molecular weight is 562 g/mol. The highest BCUT2D eigenvalue weighted by molar-refractivity contribution is 5.93. The van der Waals surface area contributed by atoms with Crippen LogP contribution in [0.4, 0.5) is 0 Å². The van der Waals surface area contributed by atoms with Gasteiger partial charge in [-0.25, -0.2) is 4.79 Å². The zero-order valence-electron chi connectivity index (χ0n) is 21.0. The van der Waals surface area contributed by atoms with Gasteiger partial charge in [-0.3, -0.25) is 9.59 Å².